The molecule has 0 aromatic heterocycles. The summed E-state index contributed by atoms with van der Waals surface area (Å²) in [6, 6.07) is 2.10. The van der Waals surface area contributed by atoms with Crippen molar-refractivity contribution >= 4 is 15.9 Å². The SMILES string of the molecule is CC1(C)C[C@@H](O)c2c(Br)cc3c(c21)OCC3. The van der Waals surface area contributed by atoms with E-state index >= 15 is 0 Å². The Labute approximate surface area is 104 Å². The topological polar surface area (TPSA) is 29.5 Å². The van der Waals surface area contributed by atoms with Gasteiger partial charge in [-0.2, -0.15) is 0 Å². The van der Waals surface area contributed by atoms with E-state index in [1.165, 1.54) is 11.1 Å². The van der Waals surface area contributed by atoms with Gasteiger partial charge in [0.1, 0.15) is 5.75 Å². The number of hydrogen-bond donors (Lipinski definition) is 1. The van der Waals surface area contributed by atoms with Crippen molar-refractivity contribution < 1.29 is 9.84 Å². The molecule has 86 valence electrons. The highest BCUT2D eigenvalue weighted by atomic mass is 79.9. The van der Waals surface area contributed by atoms with E-state index in [-0.39, 0.29) is 11.5 Å². The quantitative estimate of drug-likeness (QED) is 0.792. The van der Waals surface area contributed by atoms with Gasteiger partial charge in [-0.3, -0.25) is 0 Å². The van der Waals surface area contributed by atoms with Crippen molar-refractivity contribution in [3.8, 4) is 5.75 Å². The first-order valence-corrected chi connectivity index (χ1v) is 6.46. The molecule has 0 saturated carbocycles. The first kappa shape index (κ1) is 10.6. The molecule has 2 aliphatic rings. The maximum Gasteiger partial charge on any atom is 0.126 e. The summed E-state index contributed by atoms with van der Waals surface area (Å²) >= 11 is 3.58. The van der Waals surface area contributed by atoms with E-state index in [1.807, 2.05) is 0 Å². The molecular formula is C13H15BrO2. The Morgan fingerprint density at radius 3 is 3.00 bits per heavy atom. The zero-order valence-corrected chi connectivity index (χ0v) is 11.1. The Kier molecular flexibility index (Phi) is 2.14. The van der Waals surface area contributed by atoms with Gasteiger partial charge in [0.2, 0.25) is 0 Å². The molecule has 16 heavy (non-hydrogen) atoms. The highest BCUT2D eigenvalue weighted by Crippen LogP contribution is 2.53. The van der Waals surface area contributed by atoms with Crippen LogP contribution in [0, 0.1) is 0 Å². The van der Waals surface area contributed by atoms with E-state index in [1.54, 1.807) is 0 Å². The van der Waals surface area contributed by atoms with Crippen LogP contribution in [0.4, 0.5) is 0 Å². The fourth-order valence-corrected chi connectivity index (χ4v) is 3.74. The van der Waals surface area contributed by atoms with Gasteiger partial charge in [0.25, 0.3) is 0 Å². The van der Waals surface area contributed by atoms with Gasteiger partial charge in [-0.15, -0.1) is 0 Å². The fraction of sp³-hybridized carbons (Fsp3) is 0.538. The molecule has 1 atom stereocenters. The maximum atomic E-state index is 10.1. The van der Waals surface area contributed by atoms with Crippen LogP contribution in [0.1, 0.15) is 43.1 Å². The third kappa shape index (κ3) is 1.28. The first-order valence-electron chi connectivity index (χ1n) is 5.67. The summed E-state index contributed by atoms with van der Waals surface area (Å²) in [6.07, 6.45) is 1.39. The van der Waals surface area contributed by atoms with Crippen LogP contribution in [0.3, 0.4) is 0 Å². The second-order valence-electron chi connectivity index (χ2n) is 5.34. The van der Waals surface area contributed by atoms with Crippen LogP contribution in [-0.4, -0.2) is 11.7 Å². The summed E-state index contributed by atoms with van der Waals surface area (Å²) in [6.45, 7) is 5.12. The number of ether oxygens (including phenoxy) is 1. The molecule has 1 N–H and O–H groups in total. The van der Waals surface area contributed by atoms with E-state index in [9.17, 15) is 5.11 Å². The third-order valence-corrected chi connectivity index (χ3v) is 4.33. The minimum atomic E-state index is -0.367. The predicted molar refractivity (Wildman–Crippen MR) is 65.9 cm³/mol. The third-order valence-electron chi connectivity index (χ3n) is 3.68. The number of fused-ring (bicyclic) bond motifs is 3. The van der Waals surface area contributed by atoms with Crippen LogP contribution in [0.15, 0.2) is 10.5 Å². The van der Waals surface area contributed by atoms with Gasteiger partial charge in [-0.1, -0.05) is 29.8 Å². The molecular weight excluding hydrogens is 268 g/mol. The lowest BCUT2D eigenvalue weighted by Crippen LogP contribution is -2.13. The van der Waals surface area contributed by atoms with Gasteiger partial charge in [0, 0.05) is 22.0 Å². The Morgan fingerprint density at radius 2 is 2.25 bits per heavy atom. The van der Waals surface area contributed by atoms with Crippen molar-refractivity contribution in [2.45, 2.75) is 38.2 Å². The molecule has 1 heterocycles. The summed E-state index contributed by atoms with van der Waals surface area (Å²) in [5, 5.41) is 10.1. The number of aliphatic hydroxyl groups is 1. The van der Waals surface area contributed by atoms with Crippen LogP contribution >= 0.6 is 15.9 Å². The van der Waals surface area contributed by atoms with Crippen molar-refractivity contribution in [3.63, 3.8) is 0 Å². The maximum absolute atomic E-state index is 10.1. The van der Waals surface area contributed by atoms with Gasteiger partial charge in [-0.05, 0) is 23.5 Å². The number of benzene rings is 1. The Balaban J connectivity index is 2.33. The second-order valence-corrected chi connectivity index (χ2v) is 6.19. The Morgan fingerprint density at radius 1 is 1.50 bits per heavy atom. The van der Waals surface area contributed by atoms with Gasteiger partial charge in [-0.25, -0.2) is 0 Å². The number of aliphatic hydroxyl groups excluding tert-OH is 1. The van der Waals surface area contributed by atoms with Crippen LogP contribution in [0.5, 0.6) is 5.75 Å². The minimum Gasteiger partial charge on any atom is -0.493 e. The van der Waals surface area contributed by atoms with Crippen LogP contribution < -0.4 is 4.74 Å². The molecule has 1 aromatic rings. The van der Waals surface area contributed by atoms with Crippen molar-refractivity contribution in [2.24, 2.45) is 0 Å². The lowest BCUT2D eigenvalue weighted by molar-refractivity contribution is 0.161. The van der Waals surface area contributed by atoms with Gasteiger partial charge >= 0.3 is 0 Å². The first-order chi connectivity index (χ1) is 7.50. The fourth-order valence-electron chi connectivity index (χ4n) is 3.00. The average molecular weight is 283 g/mol. The summed E-state index contributed by atoms with van der Waals surface area (Å²) in [5.74, 6) is 1.03. The molecule has 1 aliphatic carbocycles. The lowest BCUT2D eigenvalue weighted by atomic mass is 9.85. The largest absolute Gasteiger partial charge is 0.493 e. The molecule has 0 bridgehead atoms. The van der Waals surface area contributed by atoms with Crippen LogP contribution in [0.2, 0.25) is 0 Å². The number of hydrogen-bond acceptors (Lipinski definition) is 2. The van der Waals surface area contributed by atoms with Crippen molar-refractivity contribution in [2.75, 3.05) is 6.61 Å². The van der Waals surface area contributed by atoms with Crippen molar-refractivity contribution in [1.29, 1.82) is 0 Å². The molecule has 0 saturated heterocycles. The molecule has 3 heteroatoms. The zero-order valence-electron chi connectivity index (χ0n) is 9.51. The Bertz CT molecular complexity index is 465. The van der Waals surface area contributed by atoms with E-state index in [0.29, 0.717) is 0 Å². The van der Waals surface area contributed by atoms with Crippen LogP contribution in [0.25, 0.3) is 0 Å². The standard InChI is InChI=1S/C13H15BrO2/c1-13(2)6-9(15)10-8(14)5-7-3-4-16-12(7)11(10)13/h5,9,15H,3-4,6H2,1-2H3/t9-/m1/s1. The lowest BCUT2D eigenvalue weighted by Gasteiger charge is -2.21. The molecule has 0 unspecified atom stereocenters. The number of halogens is 1. The molecule has 2 nitrogen and oxygen atoms in total. The van der Waals surface area contributed by atoms with Gasteiger partial charge in [0.15, 0.2) is 0 Å². The summed E-state index contributed by atoms with van der Waals surface area (Å²) in [4.78, 5) is 0. The molecule has 1 aliphatic heterocycles. The smallest absolute Gasteiger partial charge is 0.126 e. The van der Waals surface area contributed by atoms with Crippen molar-refractivity contribution in [3.05, 3.63) is 27.2 Å². The summed E-state index contributed by atoms with van der Waals surface area (Å²) in [7, 11) is 0. The van der Waals surface area contributed by atoms with Crippen LogP contribution in [-0.2, 0) is 11.8 Å². The van der Waals surface area contributed by atoms with E-state index in [4.69, 9.17) is 4.74 Å². The van der Waals surface area contributed by atoms with E-state index in [2.05, 4.69) is 35.8 Å². The Hall–Kier alpha value is -0.540. The number of rotatable bonds is 0. The second kappa shape index (κ2) is 3.23. The molecule has 0 amide bonds. The van der Waals surface area contributed by atoms with E-state index < -0.39 is 0 Å². The van der Waals surface area contributed by atoms with Crippen molar-refractivity contribution in [1.82, 2.24) is 0 Å². The highest BCUT2D eigenvalue weighted by molar-refractivity contribution is 9.10. The summed E-state index contributed by atoms with van der Waals surface area (Å²) < 4.78 is 6.78. The molecule has 0 radical (unpaired) electrons. The van der Waals surface area contributed by atoms with E-state index in [0.717, 1.165) is 35.2 Å². The predicted octanol–water partition coefficient (Wildman–Crippen LogP) is 3.10. The van der Waals surface area contributed by atoms with Gasteiger partial charge in [0.05, 0.1) is 12.7 Å². The minimum absolute atomic E-state index is 0.00690. The molecule has 0 fully saturated rings. The average Bonchev–Trinajstić information content (AvgIpc) is 2.68. The summed E-state index contributed by atoms with van der Waals surface area (Å²) in [5.41, 5.74) is 3.52. The molecule has 3 rings (SSSR count). The van der Waals surface area contributed by atoms with Gasteiger partial charge < -0.3 is 9.84 Å². The monoisotopic (exact) mass is 282 g/mol. The molecule has 0 spiro atoms. The molecule has 1 aromatic carbocycles. The highest BCUT2D eigenvalue weighted by Gasteiger charge is 2.41. The normalized spacial score (nSPS) is 25.1. The zero-order chi connectivity index (χ0) is 11.5.